The molecule has 0 radical (unpaired) electrons. The largest absolute Gasteiger partial charge is 0.393 e. The maximum absolute atomic E-state index is 12.4. The predicted molar refractivity (Wildman–Crippen MR) is 101 cm³/mol. The minimum Gasteiger partial charge on any atom is -0.393 e. The van der Waals surface area contributed by atoms with Crippen molar-refractivity contribution >= 4 is 5.91 Å². The van der Waals surface area contributed by atoms with Gasteiger partial charge in [-0.05, 0) is 63.6 Å². The Hall–Kier alpha value is -1.66. The highest BCUT2D eigenvalue weighted by Crippen LogP contribution is 2.21. The van der Waals surface area contributed by atoms with Gasteiger partial charge in [-0.2, -0.15) is 0 Å². The number of piperidine rings is 1. The topological polar surface area (TPSA) is 85.4 Å². The number of aliphatic hydroxyl groups excluding tert-OH is 1. The molecule has 1 unspecified atom stereocenters. The van der Waals surface area contributed by atoms with Gasteiger partial charge in [-0.3, -0.25) is 14.5 Å². The lowest BCUT2D eigenvalue weighted by molar-refractivity contribution is 0.0866. The van der Waals surface area contributed by atoms with E-state index in [4.69, 9.17) is 0 Å². The molecule has 26 heavy (non-hydrogen) atoms. The van der Waals surface area contributed by atoms with Crippen molar-refractivity contribution in [3.05, 3.63) is 33.7 Å². The van der Waals surface area contributed by atoms with Gasteiger partial charge in [0.25, 0.3) is 11.5 Å². The summed E-state index contributed by atoms with van der Waals surface area (Å²) in [5, 5.41) is 12.5. The molecule has 3 rings (SSSR count). The lowest BCUT2D eigenvalue weighted by atomic mass is 9.93. The van der Waals surface area contributed by atoms with Gasteiger partial charge in [0.1, 0.15) is 5.56 Å². The third-order valence-corrected chi connectivity index (χ3v) is 5.84. The number of aromatic amines is 1. The lowest BCUT2D eigenvalue weighted by Gasteiger charge is -2.35. The molecular weight excluding hydrogens is 330 g/mol. The summed E-state index contributed by atoms with van der Waals surface area (Å²) in [7, 11) is 0. The summed E-state index contributed by atoms with van der Waals surface area (Å²) in [6.07, 6.45) is 7.50. The number of amides is 1. The summed E-state index contributed by atoms with van der Waals surface area (Å²) in [4.78, 5) is 30.1. The Morgan fingerprint density at radius 3 is 2.69 bits per heavy atom. The molecule has 1 aromatic heterocycles. The quantitative estimate of drug-likeness (QED) is 0.750. The van der Waals surface area contributed by atoms with E-state index in [0.29, 0.717) is 18.9 Å². The van der Waals surface area contributed by atoms with Crippen molar-refractivity contribution in [2.24, 2.45) is 0 Å². The molecule has 2 heterocycles. The molecule has 0 bridgehead atoms. The van der Waals surface area contributed by atoms with Crippen LogP contribution in [0.15, 0.2) is 16.9 Å². The van der Waals surface area contributed by atoms with Gasteiger partial charge in [0.15, 0.2) is 0 Å². The van der Waals surface area contributed by atoms with Gasteiger partial charge in [0, 0.05) is 24.3 Å². The summed E-state index contributed by atoms with van der Waals surface area (Å²) in [5.74, 6) is -0.316. The van der Waals surface area contributed by atoms with E-state index >= 15 is 0 Å². The van der Waals surface area contributed by atoms with Gasteiger partial charge in [0.05, 0.1) is 6.10 Å². The number of nitrogens with one attached hydrogen (secondary N) is 2. The Balaban J connectivity index is 1.61. The zero-order valence-electron chi connectivity index (χ0n) is 15.7. The molecule has 6 nitrogen and oxygen atoms in total. The van der Waals surface area contributed by atoms with Crippen LogP contribution in [0.25, 0.3) is 0 Å². The molecule has 1 saturated carbocycles. The highest BCUT2D eigenvalue weighted by atomic mass is 16.3. The van der Waals surface area contributed by atoms with Crippen molar-refractivity contribution in [2.45, 2.75) is 83.0 Å². The molecular formula is C20H31N3O3. The molecule has 1 saturated heterocycles. The Bertz CT molecular complexity index is 665. The molecule has 0 spiro atoms. The zero-order chi connectivity index (χ0) is 18.5. The molecule has 1 aliphatic heterocycles. The van der Waals surface area contributed by atoms with Crippen molar-refractivity contribution in [1.82, 2.24) is 15.2 Å². The van der Waals surface area contributed by atoms with Crippen molar-refractivity contribution in [3.63, 3.8) is 0 Å². The number of aromatic nitrogens is 1. The Morgan fingerprint density at radius 2 is 2.00 bits per heavy atom. The van der Waals surface area contributed by atoms with Crippen molar-refractivity contribution in [3.8, 4) is 0 Å². The van der Waals surface area contributed by atoms with Gasteiger partial charge >= 0.3 is 0 Å². The first-order valence-electron chi connectivity index (χ1n) is 10.0. The molecule has 0 aromatic carbocycles. The molecule has 2 aliphatic rings. The number of pyridine rings is 1. The van der Waals surface area contributed by atoms with Crippen LogP contribution in [0.3, 0.4) is 0 Å². The zero-order valence-corrected chi connectivity index (χ0v) is 15.7. The van der Waals surface area contributed by atoms with E-state index in [0.717, 1.165) is 38.0 Å². The van der Waals surface area contributed by atoms with E-state index in [9.17, 15) is 14.7 Å². The van der Waals surface area contributed by atoms with Crippen LogP contribution < -0.4 is 10.9 Å². The first kappa shape index (κ1) is 19.1. The van der Waals surface area contributed by atoms with E-state index in [1.165, 1.54) is 19.3 Å². The number of hydrogen-bond acceptors (Lipinski definition) is 4. The summed E-state index contributed by atoms with van der Waals surface area (Å²) < 4.78 is 0. The SMILES string of the molecule is CCC1CCCCN1Cc1ccc(C(=O)NC2CCC(O)CC2)c(=O)[nH]1. The van der Waals surface area contributed by atoms with Crippen LogP contribution >= 0.6 is 0 Å². The van der Waals surface area contributed by atoms with E-state index < -0.39 is 0 Å². The Morgan fingerprint density at radius 1 is 1.23 bits per heavy atom. The molecule has 1 aliphatic carbocycles. The second-order valence-corrected chi connectivity index (χ2v) is 7.73. The summed E-state index contributed by atoms with van der Waals surface area (Å²) in [5.41, 5.74) is 0.721. The van der Waals surface area contributed by atoms with E-state index in [1.54, 1.807) is 6.07 Å². The fourth-order valence-corrected chi connectivity index (χ4v) is 4.22. The average Bonchev–Trinajstić information content (AvgIpc) is 2.64. The van der Waals surface area contributed by atoms with Crippen LogP contribution in [-0.2, 0) is 6.54 Å². The third-order valence-electron chi connectivity index (χ3n) is 5.84. The number of nitrogens with zero attached hydrogens (tertiary/aromatic N) is 1. The third kappa shape index (κ3) is 4.74. The van der Waals surface area contributed by atoms with Gasteiger partial charge < -0.3 is 15.4 Å². The second kappa shape index (κ2) is 8.82. The first-order valence-corrected chi connectivity index (χ1v) is 10.0. The van der Waals surface area contributed by atoms with Crippen LogP contribution in [0.1, 0.15) is 74.3 Å². The second-order valence-electron chi connectivity index (χ2n) is 7.73. The highest BCUT2D eigenvalue weighted by molar-refractivity contribution is 5.94. The van der Waals surface area contributed by atoms with Crippen molar-refractivity contribution < 1.29 is 9.90 Å². The first-order chi connectivity index (χ1) is 12.6. The number of likely N-dealkylation sites (tertiary alicyclic amines) is 1. The minimum absolute atomic E-state index is 0.0450. The molecule has 1 aromatic rings. The molecule has 6 heteroatoms. The lowest BCUT2D eigenvalue weighted by Crippen LogP contribution is -2.41. The maximum atomic E-state index is 12.4. The monoisotopic (exact) mass is 361 g/mol. The molecule has 1 atom stereocenters. The van der Waals surface area contributed by atoms with Gasteiger partial charge in [-0.1, -0.05) is 13.3 Å². The summed E-state index contributed by atoms with van der Waals surface area (Å²) >= 11 is 0. The van der Waals surface area contributed by atoms with E-state index in [2.05, 4.69) is 22.1 Å². The van der Waals surface area contributed by atoms with Gasteiger partial charge in [0.2, 0.25) is 0 Å². The average molecular weight is 361 g/mol. The summed E-state index contributed by atoms with van der Waals surface area (Å²) in [6, 6.07) is 4.13. The van der Waals surface area contributed by atoms with Gasteiger partial charge in [-0.15, -0.1) is 0 Å². The Kier molecular flexibility index (Phi) is 6.48. The fraction of sp³-hybridized carbons (Fsp3) is 0.700. The fourth-order valence-electron chi connectivity index (χ4n) is 4.22. The number of carbonyl (C=O) groups is 1. The number of rotatable bonds is 5. The summed E-state index contributed by atoms with van der Waals surface area (Å²) in [6.45, 7) is 4.01. The van der Waals surface area contributed by atoms with Crippen LogP contribution in [0.4, 0.5) is 0 Å². The standard InChI is InChI=1S/C20H31N3O3/c1-2-16-5-3-4-12-23(16)13-15-8-11-18(20(26)22-15)19(25)21-14-6-9-17(24)10-7-14/h8,11,14,16-17,24H,2-7,9-10,12-13H2,1H3,(H,21,25)(H,22,26). The number of hydrogen-bond donors (Lipinski definition) is 3. The van der Waals surface area contributed by atoms with Crippen LogP contribution in [0, 0.1) is 0 Å². The van der Waals surface area contributed by atoms with E-state index in [-0.39, 0.29) is 29.2 Å². The minimum atomic E-state index is -0.319. The highest BCUT2D eigenvalue weighted by Gasteiger charge is 2.23. The number of H-pyrrole nitrogens is 1. The predicted octanol–water partition coefficient (Wildman–Crippen LogP) is 2.17. The van der Waals surface area contributed by atoms with Crippen LogP contribution in [-0.4, -0.2) is 45.6 Å². The maximum Gasteiger partial charge on any atom is 0.261 e. The Labute approximate surface area is 155 Å². The smallest absolute Gasteiger partial charge is 0.261 e. The molecule has 2 fully saturated rings. The number of carbonyl (C=O) groups excluding carboxylic acids is 1. The van der Waals surface area contributed by atoms with E-state index in [1.807, 2.05) is 6.07 Å². The van der Waals surface area contributed by atoms with Crippen LogP contribution in [0.5, 0.6) is 0 Å². The molecule has 3 N–H and O–H groups in total. The number of aliphatic hydroxyl groups is 1. The van der Waals surface area contributed by atoms with Crippen LogP contribution in [0.2, 0.25) is 0 Å². The molecule has 1 amide bonds. The van der Waals surface area contributed by atoms with Crippen molar-refractivity contribution in [2.75, 3.05) is 6.54 Å². The van der Waals surface area contributed by atoms with Gasteiger partial charge in [-0.25, -0.2) is 0 Å². The normalized spacial score (nSPS) is 27.2. The molecule has 144 valence electrons. The van der Waals surface area contributed by atoms with Crippen molar-refractivity contribution in [1.29, 1.82) is 0 Å².